The molecule has 0 aromatic rings. The van der Waals surface area contributed by atoms with Crippen molar-refractivity contribution in [1.29, 1.82) is 5.41 Å². The number of oxime groups is 2. The molecule has 0 aliphatic carbocycles. The molecule has 8 nitrogen and oxygen atoms in total. The van der Waals surface area contributed by atoms with Crippen LogP contribution >= 0.6 is 0 Å². The lowest BCUT2D eigenvalue weighted by atomic mass is 10.5. The molecule has 0 rings (SSSR count). The van der Waals surface area contributed by atoms with Crippen LogP contribution in [-0.4, -0.2) is 34.6 Å². The van der Waals surface area contributed by atoms with Gasteiger partial charge in [-0.15, -0.1) is 0 Å². The molecule has 0 unspecified atom stereocenters. The highest BCUT2D eigenvalue weighted by molar-refractivity contribution is 6.52. The third-order valence-corrected chi connectivity index (χ3v) is 0.370. The summed E-state index contributed by atoms with van der Waals surface area (Å²) in [6, 6.07) is 0. The van der Waals surface area contributed by atoms with Gasteiger partial charge in [0.15, 0.2) is 5.96 Å². The van der Waals surface area contributed by atoms with Crippen molar-refractivity contribution in [3.63, 3.8) is 0 Å². The maximum Gasteiger partial charge on any atom is 0.221 e. The van der Waals surface area contributed by atoms with Crippen molar-refractivity contribution in [3.8, 4) is 0 Å². The molecule has 0 amide bonds. The Morgan fingerprint density at radius 2 is 1.50 bits per heavy atom. The molecule has 8 heteroatoms. The summed E-state index contributed by atoms with van der Waals surface area (Å²) in [6.07, 6.45) is 1.22. The molecule has 12 heavy (non-hydrogen) atoms. The minimum Gasteiger partial charge on any atom is -0.411 e. The lowest BCUT2D eigenvalue weighted by Crippen LogP contribution is -2.20. The quantitative estimate of drug-likeness (QED) is 0.146. The molecule has 68 valence electrons. The van der Waals surface area contributed by atoms with Crippen LogP contribution in [0.3, 0.4) is 0 Å². The fraction of sp³-hybridized carbons (Fsp3) is 0. The van der Waals surface area contributed by atoms with Crippen molar-refractivity contribution in [2.24, 2.45) is 21.8 Å². The number of Topliss-reactive ketones (excluding diaryl/α,β-unsaturated/α-hetero) is 1. The zero-order chi connectivity index (χ0) is 9.98. The van der Waals surface area contributed by atoms with Crippen molar-refractivity contribution >= 4 is 24.2 Å². The summed E-state index contributed by atoms with van der Waals surface area (Å²) in [5.41, 5.74) is 8.94. The number of carbonyl (C=O) groups is 1. The van der Waals surface area contributed by atoms with Crippen molar-refractivity contribution in [3.05, 3.63) is 0 Å². The molecule has 0 saturated heterocycles. The topological polar surface area (TPSA) is 158 Å². The minimum atomic E-state index is -0.671. The average Bonchev–Trinajstić information content (AvgIpc) is 1.87. The van der Waals surface area contributed by atoms with Gasteiger partial charge in [0.1, 0.15) is 12.4 Å². The Kier molecular flexibility index (Phi) is 9.28. The van der Waals surface area contributed by atoms with Crippen LogP contribution in [0.5, 0.6) is 0 Å². The van der Waals surface area contributed by atoms with Gasteiger partial charge < -0.3 is 21.9 Å². The van der Waals surface area contributed by atoms with Crippen molar-refractivity contribution in [1.82, 2.24) is 0 Å². The maximum atomic E-state index is 10.0. The molecule has 0 atom stereocenters. The monoisotopic (exact) mass is 175 g/mol. The number of hydrogen-bond donors (Lipinski definition) is 5. The molecule has 0 aliphatic heterocycles. The fourth-order valence-electron chi connectivity index (χ4n) is 0.147. The van der Waals surface area contributed by atoms with Gasteiger partial charge in [-0.25, -0.2) is 0 Å². The first-order valence-corrected chi connectivity index (χ1v) is 2.53. The highest BCUT2D eigenvalue weighted by atomic mass is 16.4. The third-order valence-electron chi connectivity index (χ3n) is 0.370. The van der Waals surface area contributed by atoms with Crippen LogP contribution in [0, 0.1) is 5.41 Å². The van der Waals surface area contributed by atoms with Gasteiger partial charge in [0.2, 0.25) is 5.78 Å². The van der Waals surface area contributed by atoms with Gasteiger partial charge in [0, 0.05) is 0 Å². The van der Waals surface area contributed by atoms with Crippen molar-refractivity contribution in [2.45, 2.75) is 0 Å². The van der Waals surface area contributed by atoms with Crippen molar-refractivity contribution < 1.29 is 15.2 Å². The molecule has 7 N–H and O–H groups in total. The van der Waals surface area contributed by atoms with Gasteiger partial charge in [-0.1, -0.05) is 10.3 Å². The first-order valence-electron chi connectivity index (χ1n) is 2.53. The van der Waals surface area contributed by atoms with Crippen LogP contribution in [-0.2, 0) is 4.79 Å². The van der Waals surface area contributed by atoms with E-state index in [9.17, 15) is 4.79 Å². The Labute approximate surface area is 67.7 Å². The van der Waals surface area contributed by atoms with Crippen LogP contribution in [0.4, 0.5) is 0 Å². The van der Waals surface area contributed by atoms with Crippen LogP contribution < -0.4 is 11.5 Å². The summed E-state index contributed by atoms with van der Waals surface area (Å²) >= 11 is 0. The molecule has 0 bridgehead atoms. The SMILES string of the molecule is N=C(N)N.O=C(/C=N/O)/C=N/O. The van der Waals surface area contributed by atoms with E-state index < -0.39 is 5.78 Å². The average molecular weight is 175 g/mol. The van der Waals surface area contributed by atoms with E-state index in [-0.39, 0.29) is 5.96 Å². The van der Waals surface area contributed by atoms with E-state index in [0.29, 0.717) is 12.4 Å². The fourth-order valence-corrected chi connectivity index (χ4v) is 0.147. The predicted octanol–water partition coefficient (Wildman–Crippen LogP) is -1.69. The number of guanidine groups is 1. The van der Waals surface area contributed by atoms with Crippen molar-refractivity contribution in [2.75, 3.05) is 0 Å². The second-order valence-electron chi connectivity index (χ2n) is 1.35. The predicted molar refractivity (Wildman–Crippen MR) is 41.7 cm³/mol. The Morgan fingerprint density at radius 1 is 1.25 bits per heavy atom. The second-order valence-corrected chi connectivity index (χ2v) is 1.35. The number of carbonyl (C=O) groups excluding carboxylic acids is 1. The summed E-state index contributed by atoms with van der Waals surface area (Å²) in [5, 5.41) is 26.1. The van der Waals surface area contributed by atoms with E-state index in [2.05, 4.69) is 21.8 Å². The van der Waals surface area contributed by atoms with Gasteiger partial charge in [0.05, 0.1) is 0 Å². The van der Waals surface area contributed by atoms with Crippen LogP contribution in [0.15, 0.2) is 10.3 Å². The van der Waals surface area contributed by atoms with Crippen LogP contribution in [0.2, 0.25) is 0 Å². The number of nitrogens with zero attached hydrogens (tertiary/aromatic N) is 2. The van der Waals surface area contributed by atoms with E-state index in [4.69, 9.17) is 15.8 Å². The largest absolute Gasteiger partial charge is 0.411 e. The van der Waals surface area contributed by atoms with E-state index in [1.54, 1.807) is 0 Å². The third kappa shape index (κ3) is 24.8. The molecule has 0 heterocycles. The zero-order valence-corrected chi connectivity index (χ0v) is 6.01. The van der Waals surface area contributed by atoms with E-state index in [0.717, 1.165) is 0 Å². The summed E-state index contributed by atoms with van der Waals surface area (Å²) in [6.45, 7) is 0. The summed E-state index contributed by atoms with van der Waals surface area (Å²) in [4.78, 5) is 10.0. The maximum absolute atomic E-state index is 10.0. The molecule has 0 aliphatic rings. The number of ketones is 1. The Balaban J connectivity index is 0. The Morgan fingerprint density at radius 3 is 1.67 bits per heavy atom. The highest BCUT2D eigenvalue weighted by Gasteiger charge is 1.87. The molecule has 0 saturated carbocycles. The second kappa shape index (κ2) is 8.88. The summed E-state index contributed by atoms with van der Waals surface area (Å²) in [7, 11) is 0. The van der Waals surface area contributed by atoms with Gasteiger partial charge in [-0.3, -0.25) is 10.2 Å². The van der Waals surface area contributed by atoms with Gasteiger partial charge >= 0.3 is 0 Å². The molecule has 0 aromatic carbocycles. The van der Waals surface area contributed by atoms with E-state index in [1.807, 2.05) is 0 Å². The van der Waals surface area contributed by atoms with Gasteiger partial charge in [-0.2, -0.15) is 0 Å². The molecule has 0 aromatic heterocycles. The molecular weight excluding hydrogens is 166 g/mol. The summed E-state index contributed by atoms with van der Waals surface area (Å²) < 4.78 is 0. The lowest BCUT2D eigenvalue weighted by Gasteiger charge is -1.72. The van der Waals surface area contributed by atoms with E-state index >= 15 is 0 Å². The molecule has 0 spiro atoms. The number of nitrogens with one attached hydrogen (secondary N) is 1. The van der Waals surface area contributed by atoms with Gasteiger partial charge in [0.25, 0.3) is 0 Å². The Bertz CT molecular complexity index is 181. The van der Waals surface area contributed by atoms with Crippen LogP contribution in [0.1, 0.15) is 0 Å². The van der Waals surface area contributed by atoms with E-state index in [1.165, 1.54) is 0 Å². The number of rotatable bonds is 2. The zero-order valence-electron chi connectivity index (χ0n) is 6.01. The van der Waals surface area contributed by atoms with Gasteiger partial charge in [-0.05, 0) is 0 Å². The first kappa shape index (κ1) is 12.5. The number of nitrogens with two attached hydrogens (primary N) is 2. The highest BCUT2D eigenvalue weighted by Crippen LogP contribution is 1.58. The molecular formula is C4H9N5O3. The summed E-state index contributed by atoms with van der Waals surface area (Å²) in [5.74, 6) is -1.00. The molecule has 0 radical (unpaired) electrons. The van der Waals surface area contributed by atoms with Crippen LogP contribution in [0.25, 0.3) is 0 Å². The standard InChI is InChI=1S/C3H4N2O3.CH5N3/c6-3(1-4-7)2-5-8;2-1(3)4/h1-2,7-8H;(H5,2,3,4)/b4-1+,5-2+;. The normalized spacial score (nSPS) is 9.33. The minimum absolute atomic E-state index is 0.333. The molecule has 0 fully saturated rings. The first-order chi connectivity index (χ1) is 5.54. The number of hydrogen-bond acceptors (Lipinski definition) is 6. The smallest absolute Gasteiger partial charge is 0.221 e. The Hall–Kier alpha value is -2.12. The lowest BCUT2D eigenvalue weighted by molar-refractivity contribution is -0.106.